The van der Waals surface area contributed by atoms with E-state index < -0.39 is 23.8 Å². The highest BCUT2D eigenvalue weighted by molar-refractivity contribution is 5.83. The zero-order chi connectivity index (χ0) is 15.4. The number of carboxylic acids is 2. The third kappa shape index (κ3) is 3.74. The summed E-state index contributed by atoms with van der Waals surface area (Å²) in [6.45, 7) is 0.387. The van der Waals surface area contributed by atoms with E-state index in [0.717, 1.165) is 38.5 Å². The van der Waals surface area contributed by atoms with Gasteiger partial charge >= 0.3 is 11.9 Å². The summed E-state index contributed by atoms with van der Waals surface area (Å²) in [5.41, 5.74) is 0. The van der Waals surface area contributed by atoms with Crippen LogP contribution in [-0.2, 0) is 14.4 Å². The van der Waals surface area contributed by atoms with E-state index in [1.807, 2.05) is 0 Å². The maximum Gasteiger partial charge on any atom is 0.309 e. The Bertz CT molecular complexity index is 414. The molecule has 2 rings (SSSR count). The third-order valence-electron chi connectivity index (χ3n) is 4.76. The quantitative estimate of drug-likeness (QED) is 0.771. The van der Waals surface area contributed by atoms with Gasteiger partial charge < -0.3 is 15.1 Å². The zero-order valence-electron chi connectivity index (χ0n) is 12.2. The first-order valence-electron chi connectivity index (χ1n) is 7.75. The van der Waals surface area contributed by atoms with Crippen LogP contribution in [0.4, 0.5) is 0 Å². The number of carbonyl (C=O) groups excluding carboxylic acids is 1. The summed E-state index contributed by atoms with van der Waals surface area (Å²) in [5, 5.41) is 18.3. The largest absolute Gasteiger partial charge is 0.481 e. The molecule has 1 saturated carbocycles. The van der Waals surface area contributed by atoms with Crippen molar-refractivity contribution in [3.63, 3.8) is 0 Å². The van der Waals surface area contributed by atoms with Crippen LogP contribution in [0.25, 0.3) is 0 Å². The number of carbonyl (C=O) groups is 3. The SMILES string of the molecule is O=C(O)C1CCN(C(=O)C2CCCCCC2)CC1C(=O)O. The number of likely N-dealkylation sites (tertiary alicyclic amines) is 1. The summed E-state index contributed by atoms with van der Waals surface area (Å²) in [4.78, 5) is 36.5. The second-order valence-corrected chi connectivity index (χ2v) is 6.15. The molecule has 21 heavy (non-hydrogen) atoms. The molecule has 0 spiro atoms. The topological polar surface area (TPSA) is 94.9 Å². The Morgan fingerprint density at radius 1 is 0.810 bits per heavy atom. The number of aliphatic carboxylic acids is 2. The Kier molecular flexibility index (Phi) is 5.20. The number of hydrogen-bond donors (Lipinski definition) is 2. The molecule has 0 bridgehead atoms. The lowest BCUT2D eigenvalue weighted by Gasteiger charge is -2.36. The van der Waals surface area contributed by atoms with Crippen LogP contribution in [0.2, 0.25) is 0 Å². The van der Waals surface area contributed by atoms with Crippen LogP contribution < -0.4 is 0 Å². The molecule has 1 saturated heterocycles. The first-order chi connectivity index (χ1) is 10.0. The van der Waals surface area contributed by atoms with E-state index in [9.17, 15) is 19.5 Å². The Morgan fingerprint density at radius 2 is 1.38 bits per heavy atom. The lowest BCUT2D eigenvalue weighted by atomic mass is 9.84. The normalized spacial score (nSPS) is 27.9. The zero-order valence-corrected chi connectivity index (χ0v) is 12.2. The third-order valence-corrected chi connectivity index (χ3v) is 4.76. The molecule has 1 amide bonds. The van der Waals surface area contributed by atoms with E-state index >= 15 is 0 Å². The molecule has 2 N–H and O–H groups in total. The summed E-state index contributed by atoms with van der Waals surface area (Å²) >= 11 is 0. The minimum Gasteiger partial charge on any atom is -0.481 e. The number of carboxylic acid groups (broad SMARTS) is 2. The molecule has 2 fully saturated rings. The molecule has 1 aliphatic carbocycles. The Morgan fingerprint density at radius 3 is 1.90 bits per heavy atom. The molecular formula is C15H23NO5. The van der Waals surface area contributed by atoms with Crippen LogP contribution in [0.3, 0.4) is 0 Å². The highest BCUT2D eigenvalue weighted by Gasteiger charge is 2.41. The van der Waals surface area contributed by atoms with E-state index in [-0.39, 0.29) is 24.8 Å². The van der Waals surface area contributed by atoms with Gasteiger partial charge in [0.25, 0.3) is 0 Å². The van der Waals surface area contributed by atoms with E-state index in [2.05, 4.69) is 0 Å². The molecule has 6 heteroatoms. The number of nitrogens with zero attached hydrogens (tertiary/aromatic N) is 1. The van der Waals surface area contributed by atoms with E-state index in [1.165, 1.54) is 0 Å². The molecule has 1 heterocycles. The first kappa shape index (κ1) is 15.8. The number of hydrogen-bond acceptors (Lipinski definition) is 3. The van der Waals surface area contributed by atoms with Gasteiger partial charge in [-0.2, -0.15) is 0 Å². The van der Waals surface area contributed by atoms with Gasteiger partial charge in [-0.05, 0) is 19.3 Å². The van der Waals surface area contributed by atoms with Crippen molar-refractivity contribution >= 4 is 17.8 Å². The Balaban J connectivity index is 2.02. The molecule has 0 aromatic heterocycles. The summed E-state index contributed by atoms with van der Waals surface area (Å²) in [6, 6.07) is 0. The average Bonchev–Trinajstić information content (AvgIpc) is 2.74. The van der Waals surface area contributed by atoms with Gasteiger partial charge in [0, 0.05) is 19.0 Å². The fourth-order valence-corrected chi connectivity index (χ4v) is 3.48. The van der Waals surface area contributed by atoms with Gasteiger partial charge in [-0.25, -0.2) is 0 Å². The van der Waals surface area contributed by atoms with E-state index in [1.54, 1.807) is 4.90 Å². The smallest absolute Gasteiger partial charge is 0.309 e. The summed E-state index contributed by atoms with van der Waals surface area (Å²) in [6.07, 6.45) is 6.37. The van der Waals surface area contributed by atoms with E-state index in [4.69, 9.17) is 5.11 Å². The molecule has 118 valence electrons. The second kappa shape index (κ2) is 6.91. The van der Waals surface area contributed by atoms with Gasteiger partial charge in [-0.15, -0.1) is 0 Å². The molecule has 2 aliphatic rings. The standard InChI is InChI=1S/C15H23NO5/c17-13(10-5-3-1-2-4-6-10)16-8-7-11(14(18)19)12(9-16)15(20)21/h10-12H,1-9H2,(H,18,19)(H,20,21). The molecule has 6 nitrogen and oxygen atoms in total. The highest BCUT2D eigenvalue weighted by Crippen LogP contribution is 2.29. The Labute approximate surface area is 124 Å². The number of amides is 1. The highest BCUT2D eigenvalue weighted by atomic mass is 16.4. The Hall–Kier alpha value is -1.59. The fourth-order valence-electron chi connectivity index (χ4n) is 3.48. The maximum atomic E-state index is 12.5. The van der Waals surface area contributed by atoms with Crippen LogP contribution in [0, 0.1) is 17.8 Å². The molecule has 0 radical (unpaired) electrons. The van der Waals surface area contributed by atoms with Crippen LogP contribution in [0.1, 0.15) is 44.9 Å². The van der Waals surface area contributed by atoms with Crippen molar-refractivity contribution in [3.8, 4) is 0 Å². The van der Waals surface area contributed by atoms with Crippen molar-refractivity contribution in [1.82, 2.24) is 4.90 Å². The summed E-state index contributed by atoms with van der Waals surface area (Å²) < 4.78 is 0. The molecular weight excluding hydrogens is 274 g/mol. The molecule has 0 aromatic carbocycles. The number of piperidine rings is 1. The van der Waals surface area contributed by atoms with Crippen molar-refractivity contribution in [3.05, 3.63) is 0 Å². The summed E-state index contributed by atoms with van der Waals surface area (Å²) in [7, 11) is 0. The molecule has 2 atom stereocenters. The van der Waals surface area contributed by atoms with Crippen LogP contribution in [0.5, 0.6) is 0 Å². The van der Waals surface area contributed by atoms with Crippen molar-refractivity contribution < 1.29 is 24.6 Å². The van der Waals surface area contributed by atoms with E-state index in [0.29, 0.717) is 6.54 Å². The molecule has 2 unspecified atom stereocenters. The molecule has 1 aliphatic heterocycles. The lowest BCUT2D eigenvalue weighted by molar-refractivity contribution is -0.159. The van der Waals surface area contributed by atoms with Gasteiger partial charge in [0.05, 0.1) is 11.8 Å². The van der Waals surface area contributed by atoms with Crippen LogP contribution in [-0.4, -0.2) is 46.0 Å². The number of rotatable bonds is 3. The monoisotopic (exact) mass is 297 g/mol. The van der Waals surface area contributed by atoms with Crippen molar-refractivity contribution in [2.24, 2.45) is 17.8 Å². The molecule has 0 aromatic rings. The summed E-state index contributed by atoms with van der Waals surface area (Å²) in [5.74, 6) is -4.08. The van der Waals surface area contributed by atoms with Gasteiger partial charge in [0.1, 0.15) is 0 Å². The minimum atomic E-state index is -1.12. The lowest BCUT2D eigenvalue weighted by Crippen LogP contribution is -2.50. The van der Waals surface area contributed by atoms with Crippen LogP contribution >= 0.6 is 0 Å². The minimum absolute atomic E-state index is 0.0108. The van der Waals surface area contributed by atoms with Gasteiger partial charge in [-0.1, -0.05) is 25.7 Å². The second-order valence-electron chi connectivity index (χ2n) is 6.15. The van der Waals surface area contributed by atoms with Gasteiger partial charge in [0.2, 0.25) is 5.91 Å². The van der Waals surface area contributed by atoms with Crippen molar-refractivity contribution in [1.29, 1.82) is 0 Å². The first-order valence-corrected chi connectivity index (χ1v) is 7.75. The van der Waals surface area contributed by atoms with Gasteiger partial charge in [0.15, 0.2) is 0 Å². The van der Waals surface area contributed by atoms with Crippen molar-refractivity contribution in [2.75, 3.05) is 13.1 Å². The predicted octanol–water partition coefficient (Wildman–Crippen LogP) is 1.59. The average molecular weight is 297 g/mol. The van der Waals surface area contributed by atoms with Gasteiger partial charge in [-0.3, -0.25) is 14.4 Å². The predicted molar refractivity (Wildman–Crippen MR) is 74.6 cm³/mol. The maximum absolute atomic E-state index is 12.5. The van der Waals surface area contributed by atoms with Crippen LogP contribution in [0.15, 0.2) is 0 Å². The fraction of sp³-hybridized carbons (Fsp3) is 0.800. The van der Waals surface area contributed by atoms with Crippen molar-refractivity contribution in [2.45, 2.75) is 44.9 Å².